The van der Waals surface area contributed by atoms with Crippen LogP contribution in [0, 0.1) is 5.82 Å². The van der Waals surface area contributed by atoms with Crippen LogP contribution < -0.4 is 10.2 Å². The highest BCUT2D eigenvalue weighted by atomic mass is 127. The SMILES string of the molecule is CN1C(CO)=C(I)C(=C=O)c2cc(F)cc(C(=O)CCNC(=O)OC(C)(C)C)c21. The molecule has 156 valence electrons. The summed E-state index contributed by atoms with van der Waals surface area (Å²) in [5.74, 6) is 0.676. The van der Waals surface area contributed by atoms with Crippen molar-refractivity contribution in [3.05, 3.63) is 38.4 Å². The molecule has 1 aromatic rings. The van der Waals surface area contributed by atoms with Gasteiger partial charge in [0.25, 0.3) is 0 Å². The second kappa shape index (κ2) is 9.06. The summed E-state index contributed by atoms with van der Waals surface area (Å²) in [5, 5.41) is 12.2. The number of carbonyl (C=O) groups excluding carboxylic acids is 3. The van der Waals surface area contributed by atoms with E-state index in [9.17, 15) is 23.9 Å². The number of hydrogen-bond donors (Lipinski definition) is 2. The molecule has 0 saturated carbocycles. The number of likely N-dealkylation sites (N-methyl/N-ethyl adjacent to an activating group) is 1. The molecule has 0 atom stereocenters. The molecular formula is C20H22FIN2O5. The van der Waals surface area contributed by atoms with Gasteiger partial charge in [-0.3, -0.25) is 4.79 Å². The van der Waals surface area contributed by atoms with E-state index in [1.807, 2.05) is 22.6 Å². The number of halogens is 2. The van der Waals surface area contributed by atoms with Gasteiger partial charge in [0.2, 0.25) is 0 Å². The van der Waals surface area contributed by atoms with E-state index in [1.165, 1.54) is 0 Å². The summed E-state index contributed by atoms with van der Waals surface area (Å²) in [5.41, 5.74) is 0.424. The molecule has 0 aliphatic carbocycles. The van der Waals surface area contributed by atoms with Crippen LogP contribution in [0.4, 0.5) is 14.9 Å². The topological polar surface area (TPSA) is 95.9 Å². The fourth-order valence-corrected chi connectivity index (χ4v) is 3.84. The van der Waals surface area contributed by atoms with Crippen LogP contribution in [-0.4, -0.2) is 48.7 Å². The highest BCUT2D eigenvalue weighted by molar-refractivity contribution is 14.1. The molecule has 29 heavy (non-hydrogen) atoms. The minimum absolute atomic E-state index is 0.000639. The van der Waals surface area contributed by atoms with E-state index >= 15 is 0 Å². The van der Waals surface area contributed by atoms with E-state index in [1.54, 1.807) is 38.7 Å². The number of Topliss-reactive ketones (excluding diaryl/α,β-unsaturated/α-hetero) is 1. The van der Waals surface area contributed by atoms with Gasteiger partial charge in [-0.05, 0) is 55.5 Å². The molecule has 0 radical (unpaired) electrons. The number of amides is 1. The molecule has 0 spiro atoms. The highest BCUT2D eigenvalue weighted by Crippen LogP contribution is 2.43. The second-order valence-corrected chi connectivity index (χ2v) is 8.48. The number of aliphatic hydroxyl groups excluding tert-OH is 1. The van der Waals surface area contributed by atoms with Crippen LogP contribution in [0.3, 0.4) is 0 Å². The molecule has 1 aliphatic rings. The minimum atomic E-state index is -0.676. The van der Waals surface area contributed by atoms with Gasteiger partial charge in [-0.2, -0.15) is 0 Å². The Morgan fingerprint density at radius 3 is 2.55 bits per heavy atom. The molecule has 0 aromatic heterocycles. The van der Waals surface area contributed by atoms with Crippen molar-refractivity contribution in [1.82, 2.24) is 5.32 Å². The summed E-state index contributed by atoms with van der Waals surface area (Å²) in [4.78, 5) is 37.5. The van der Waals surface area contributed by atoms with Crippen molar-refractivity contribution in [2.75, 3.05) is 25.1 Å². The Morgan fingerprint density at radius 2 is 2.00 bits per heavy atom. The van der Waals surface area contributed by atoms with Gasteiger partial charge in [0, 0.05) is 31.1 Å². The molecule has 0 saturated heterocycles. The van der Waals surface area contributed by atoms with Crippen molar-refractivity contribution in [2.24, 2.45) is 0 Å². The Bertz CT molecular complexity index is 930. The lowest BCUT2D eigenvalue weighted by atomic mass is 9.93. The Labute approximate surface area is 181 Å². The first-order valence-electron chi connectivity index (χ1n) is 8.82. The van der Waals surface area contributed by atoms with Crippen molar-refractivity contribution in [1.29, 1.82) is 0 Å². The Kier molecular flexibility index (Phi) is 7.20. The van der Waals surface area contributed by atoms with Gasteiger partial charge in [0.05, 0.1) is 27.1 Å². The van der Waals surface area contributed by atoms with E-state index < -0.39 is 23.3 Å². The van der Waals surface area contributed by atoms with Crippen LogP contribution in [0.1, 0.15) is 43.1 Å². The van der Waals surface area contributed by atoms with Gasteiger partial charge in [0.15, 0.2) is 5.78 Å². The Balaban J connectivity index is 2.31. The molecular weight excluding hydrogens is 494 g/mol. The maximum Gasteiger partial charge on any atom is 0.407 e. The number of allylic oxidation sites excluding steroid dienone is 2. The summed E-state index contributed by atoms with van der Waals surface area (Å²) in [7, 11) is 1.62. The van der Waals surface area contributed by atoms with Crippen LogP contribution in [0.5, 0.6) is 0 Å². The fraction of sp³-hybridized carbons (Fsp3) is 0.400. The summed E-state index contributed by atoms with van der Waals surface area (Å²) >= 11 is 1.88. The highest BCUT2D eigenvalue weighted by Gasteiger charge is 2.31. The number of ketones is 1. The van der Waals surface area contributed by atoms with Gasteiger partial charge in [-0.15, -0.1) is 0 Å². The lowest BCUT2D eigenvalue weighted by Crippen LogP contribution is -2.34. The molecule has 0 fully saturated rings. The number of benzene rings is 1. The zero-order valence-electron chi connectivity index (χ0n) is 16.6. The van der Waals surface area contributed by atoms with E-state index in [-0.39, 0.29) is 36.3 Å². The van der Waals surface area contributed by atoms with E-state index in [2.05, 4.69) is 5.32 Å². The van der Waals surface area contributed by atoms with Crippen molar-refractivity contribution in [3.63, 3.8) is 0 Å². The molecule has 0 bridgehead atoms. The summed E-state index contributed by atoms with van der Waals surface area (Å²) in [6.07, 6.45) is -0.756. The molecule has 0 unspecified atom stereocenters. The number of nitrogens with zero attached hydrogens (tertiary/aromatic N) is 1. The fourth-order valence-electron chi connectivity index (χ4n) is 2.91. The number of aliphatic hydroxyl groups is 1. The van der Waals surface area contributed by atoms with E-state index in [4.69, 9.17) is 4.74 Å². The van der Waals surface area contributed by atoms with Crippen molar-refractivity contribution in [2.45, 2.75) is 32.8 Å². The van der Waals surface area contributed by atoms with Crippen LogP contribution in [0.25, 0.3) is 5.57 Å². The molecule has 1 heterocycles. The van der Waals surface area contributed by atoms with Crippen LogP contribution in [0.15, 0.2) is 21.4 Å². The first kappa shape index (κ1) is 23.1. The number of anilines is 1. The number of carbonyl (C=O) groups is 2. The quantitative estimate of drug-likeness (QED) is 0.355. The third-order valence-corrected chi connectivity index (χ3v) is 5.29. The number of alkyl carbamates (subject to hydrolysis) is 1. The standard InChI is InChI=1S/C20H22FIN2O5/c1-20(2,3)29-19(28)23-6-5-16(27)13-8-11(21)7-12-14(9-25)17(22)15(10-26)24(4)18(12)13/h7-8,26H,5-6,10H2,1-4H3,(H,23,28). The zero-order chi connectivity index (χ0) is 21.9. The number of fused-ring (bicyclic) bond motifs is 1. The van der Waals surface area contributed by atoms with Crippen molar-refractivity contribution in [3.8, 4) is 0 Å². The number of ether oxygens (including phenoxy) is 1. The molecule has 7 nitrogen and oxygen atoms in total. The molecule has 1 amide bonds. The maximum atomic E-state index is 14.2. The minimum Gasteiger partial charge on any atom is -0.444 e. The number of rotatable bonds is 5. The normalized spacial score (nSPS) is 13.8. The second-order valence-electron chi connectivity index (χ2n) is 7.41. The number of nitrogens with one attached hydrogen (secondary N) is 1. The first-order chi connectivity index (χ1) is 13.5. The lowest BCUT2D eigenvalue weighted by Gasteiger charge is -2.32. The van der Waals surface area contributed by atoms with Crippen molar-refractivity contribution >= 4 is 51.7 Å². The largest absolute Gasteiger partial charge is 0.444 e. The van der Waals surface area contributed by atoms with Gasteiger partial charge >= 0.3 is 6.09 Å². The van der Waals surface area contributed by atoms with Gasteiger partial charge in [-0.25, -0.2) is 14.0 Å². The van der Waals surface area contributed by atoms with Gasteiger partial charge < -0.3 is 20.1 Å². The van der Waals surface area contributed by atoms with E-state index in [0.717, 1.165) is 12.1 Å². The Morgan fingerprint density at radius 1 is 1.34 bits per heavy atom. The number of hydrogen-bond acceptors (Lipinski definition) is 6. The smallest absolute Gasteiger partial charge is 0.407 e. The maximum absolute atomic E-state index is 14.2. The molecule has 1 aromatic carbocycles. The predicted molar refractivity (Wildman–Crippen MR) is 115 cm³/mol. The van der Waals surface area contributed by atoms with Crippen LogP contribution in [0.2, 0.25) is 0 Å². The van der Waals surface area contributed by atoms with E-state index in [0.29, 0.717) is 15.0 Å². The predicted octanol–water partition coefficient (Wildman–Crippen LogP) is 3.23. The zero-order valence-corrected chi connectivity index (χ0v) is 18.7. The molecule has 2 rings (SSSR count). The lowest BCUT2D eigenvalue weighted by molar-refractivity contribution is 0.0527. The summed E-state index contributed by atoms with van der Waals surface area (Å²) < 4.78 is 19.8. The average molecular weight is 516 g/mol. The van der Waals surface area contributed by atoms with Crippen LogP contribution >= 0.6 is 22.6 Å². The molecule has 9 heteroatoms. The first-order valence-corrected chi connectivity index (χ1v) is 9.90. The average Bonchev–Trinajstić information content (AvgIpc) is 2.60. The third kappa shape index (κ3) is 5.23. The molecule has 2 N–H and O–H groups in total. The molecule has 1 aliphatic heterocycles. The third-order valence-electron chi connectivity index (χ3n) is 4.13. The van der Waals surface area contributed by atoms with Gasteiger partial charge in [-0.1, -0.05) is 0 Å². The monoisotopic (exact) mass is 516 g/mol. The van der Waals surface area contributed by atoms with Crippen LogP contribution in [-0.2, 0) is 9.53 Å². The van der Waals surface area contributed by atoms with Crippen molar-refractivity contribution < 1.29 is 28.6 Å². The Hall–Kier alpha value is -2.23. The van der Waals surface area contributed by atoms with Gasteiger partial charge in [0.1, 0.15) is 17.4 Å². The summed E-state index contributed by atoms with van der Waals surface area (Å²) in [6.45, 7) is 4.79. The summed E-state index contributed by atoms with van der Waals surface area (Å²) in [6, 6.07) is 2.25.